The predicted molar refractivity (Wildman–Crippen MR) is 157 cm³/mol. The molecule has 0 spiro atoms. The Morgan fingerprint density at radius 3 is 2.33 bits per heavy atom. The van der Waals surface area contributed by atoms with Crippen LogP contribution in [0, 0.1) is 5.82 Å². The van der Waals surface area contributed by atoms with Crippen molar-refractivity contribution in [1.29, 1.82) is 0 Å². The number of halogens is 2. The number of rotatable bonds is 9. The van der Waals surface area contributed by atoms with Crippen LogP contribution in [0.3, 0.4) is 0 Å². The van der Waals surface area contributed by atoms with Crippen LogP contribution in [0.1, 0.15) is 74.5 Å². The highest BCUT2D eigenvalue weighted by Crippen LogP contribution is 2.42. The normalized spacial score (nSPS) is 16.4. The van der Waals surface area contributed by atoms with E-state index in [1.807, 2.05) is 19.1 Å². The largest absolute Gasteiger partial charge is 0.494 e. The zero-order chi connectivity index (χ0) is 29.2. The molecule has 216 valence electrons. The summed E-state index contributed by atoms with van der Waals surface area (Å²) in [6.07, 6.45) is 0.921. The fourth-order valence-electron chi connectivity index (χ4n) is 5.27. The summed E-state index contributed by atoms with van der Waals surface area (Å²) in [5.74, 6) is 0.947. The Morgan fingerprint density at radius 1 is 1.07 bits per heavy atom. The number of nitrogens with zero attached hydrogens (tertiary/aromatic N) is 3. The van der Waals surface area contributed by atoms with E-state index in [4.69, 9.17) is 14.2 Å². The van der Waals surface area contributed by atoms with E-state index in [9.17, 15) is 9.59 Å². The van der Waals surface area contributed by atoms with Gasteiger partial charge in [-0.25, -0.2) is 4.39 Å². The highest BCUT2D eigenvalue weighted by molar-refractivity contribution is 9.08. The van der Waals surface area contributed by atoms with Gasteiger partial charge in [0.05, 0.1) is 54.3 Å². The number of Topliss-reactive ketones (excluding diaryl/α,β-unsaturated/α-hetero) is 2. The average Bonchev–Trinajstić information content (AvgIpc) is 3.27. The molecular formula is C30H37BrFN3O5. The highest BCUT2D eigenvalue weighted by Gasteiger charge is 2.35. The summed E-state index contributed by atoms with van der Waals surface area (Å²) < 4.78 is 37.0. The van der Waals surface area contributed by atoms with Crippen molar-refractivity contribution in [2.24, 2.45) is 4.02 Å². The molecule has 2 aliphatic rings. The van der Waals surface area contributed by atoms with E-state index in [0.717, 1.165) is 11.3 Å². The lowest BCUT2D eigenvalue weighted by molar-refractivity contribution is -0.119. The molecule has 10 heteroatoms. The lowest BCUT2D eigenvalue weighted by Crippen LogP contribution is -2.35. The lowest BCUT2D eigenvalue weighted by Gasteiger charge is -2.33. The maximum absolute atomic E-state index is 15.7. The first-order valence-electron chi connectivity index (χ1n) is 13.6. The Labute approximate surface area is 243 Å². The van der Waals surface area contributed by atoms with E-state index >= 15 is 4.39 Å². The molecule has 0 unspecified atom stereocenters. The number of piperidine rings is 1. The molecule has 2 aromatic rings. The molecule has 2 aliphatic heterocycles. The van der Waals surface area contributed by atoms with E-state index in [1.165, 1.54) is 0 Å². The monoisotopic (exact) mass is 617 g/mol. The van der Waals surface area contributed by atoms with Crippen molar-refractivity contribution < 1.29 is 28.2 Å². The molecule has 0 bridgehead atoms. The molecule has 0 aromatic heterocycles. The first-order valence-corrected chi connectivity index (χ1v) is 14.3. The van der Waals surface area contributed by atoms with Crippen molar-refractivity contribution in [1.82, 2.24) is 4.90 Å². The van der Waals surface area contributed by atoms with E-state index in [1.54, 1.807) is 25.0 Å². The van der Waals surface area contributed by atoms with Crippen LogP contribution in [-0.2, 0) is 16.8 Å². The number of benzene rings is 2. The molecule has 0 aliphatic carbocycles. The average molecular weight is 619 g/mol. The number of carbonyl (C=O) groups is 2. The van der Waals surface area contributed by atoms with Gasteiger partial charge in [0.1, 0.15) is 17.4 Å². The molecule has 0 radical (unpaired) electrons. The second kappa shape index (κ2) is 12.2. The zero-order valence-corrected chi connectivity index (χ0v) is 25.6. The number of amidine groups is 1. The van der Waals surface area contributed by atoms with Crippen LogP contribution in [-0.4, -0.2) is 62.3 Å². The molecule has 0 atom stereocenters. The standard InChI is InChI=1S/C30H37BrFN3O5/c1-7-39-24-15-19-16-35(29(33-31)25(19)26(32)28(24)40-8-2)17-23(37)18-13-21(30(3,4)5)27(38-6)22(14-18)34-11-9-20(36)10-12-34/h13-15H,7-12,16-17H2,1-6H3. The van der Waals surface area contributed by atoms with Crippen molar-refractivity contribution in [3.05, 3.63) is 46.3 Å². The molecule has 1 fully saturated rings. The van der Waals surface area contributed by atoms with Gasteiger partial charge in [0.2, 0.25) is 0 Å². The van der Waals surface area contributed by atoms with Crippen LogP contribution < -0.4 is 19.1 Å². The maximum Gasteiger partial charge on any atom is 0.197 e. The number of carbonyl (C=O) groups excluding carboxylic acids is 2. The molecule has 40 heavy (non-hydrogen) atoms. The number of fused-ring (bicyclic) bond motifs is 1. The molecule has 0 saturated carbocycles. The zero-order valence-electron chi connectivity index (χ0n) is 24.0. The Balaban J connectivity index is 1.70. The Hall–Kier alpha value is -3.14. The second-order valence-electron chi connectivity index (χ2n) is 11.0. The summed E-state index contributed by atoms with van der Waals surface area (Å²) in [6, 6.07) is 5.49. The number of hydrogen-bond acceptors (Lipinski definition) is 7. The lowest BCUT2D eigenvalue weighted by atomic mass is 9.84. The molecule has 4 rings (SSSR count). The Bertz CT molecular complexity index is 1330. The number of hydrogen-bond donors (Lipinski definition) is 0. The smallest absolute Gasteiger partial charge is 0.197 e. The molecule has 2 aromatic carbocycles. The van der Waals surface area contributed by atoms with Crippen molar-refractivity contribution in [3.63, 3.8) is 0 Å². The second-order valence-corrected chi connectivity index (χ2v) is 11.3. The van der Waals surface area contributed by atoms with Gasteiger partial charge in [-0.1, -0.05) is 20.8 Å². The van der Waals surface area contributed by atoms with Crippen molar-refractivity contribution in [2.75, 3.05) is 44.9 Å². The van der Waals surface area contributed by atoms with Gasteiger partial charge in [-0.2, -0.15) is 4.02 Å². The van der Waals surface area contributed by atoms with E-state index < -0.39 is 5.82 Å². The van der Waals surface area contributed by atoms with Gasteiger partial charge in [-0.3, -0.25) is 9.59 Å². The van der Waals surface area contributed by atoms with Crippen LogP contribution in [0.25, 0.3) is 0 Å². The molecule has 1 saturated heterocycles. The maximum atomic E-state index is 15.7. The topological polar surface area (TPSA) is 80.7 Å². The summed E-state index contributed by atoms with van der Waals surface area (Å²) in [6.45, 7) is 11.9. The summed E-state index contributed by atoms with van der Waals surface area (Å²) in [7, 11) is 1.63. The Morgan fingerprint density at radius 2 is 1.75 bits per heavy atom. The van der Waals surface area contributed by atoms with E-state index in [2.05, 4.69) is 45.8 Å². The van der Waals surface area contributed by atoms with Gasteiger partial charge in [0.25, 0.3) is 0 Å². The number of methoxy groups -OCH3 is 1. The van der Waals surface area contributed by atoms with Gasteiger partial charge in [-0.05, 0) is 43.0 Å². The summed E-state index contributed by atoms with van der Waals surface area (Å²) in [5.41, 5.74) is 2.88. The fraction of sp³-hybridized carbons (Fsp3) is 0.500. The Kier molecular flexibility index (Phi) is 9.07. The molecule has 8 nitrogen and oxygen atoms in total. The SMILES string of the molecule is CCOc1cc2c(c(F)c1OCC)C(=NBr)N(CC(=O)c1cc(N3CCC(=O)CC3)c(OC)c(C(C)(C)C)c1)C2. The van der Waals surface area contributed by atoms with Gasteiger partial charge in [-0.15, -0.1) is 0 Å². The van der Waals surface area contributed by atoms with Crippen LogP contribution in [0.4, 0.5) is 10.1 Å². The van der Waals surface area contributed by atoms with Crippen molar-refractivity contribution >= 4 is 39.2 Å². The summed E-state index contributed by atoms with van der Waals surface area (Å²) in [5, 5.41) is 0. The molecule has 0 amide bonds. The van der Waals surface area contributed by atoms with Crippen LogP contribution in [0.5, 0.6) is 17.2 Å². The van der Waals surface area contributed by atoms with E-state index in [0.29, 0.717) is 66.6 Å². The first-order chi connectivity index (χ1) is 19.0. The molecule has 0 N–H and O–H groups in total. The third kappa shape index (κ3) is 5.82. The van der Waals surface area contributed by atoms with Crippen LogP contribution >= 0.6 is 16.1 Å². The number of anilines is 1. The minimum Gasteiger partial charge on any atom is -0.494 e. The van der Waals surface area contributed by atoms with Crippen molar-refractivity contribution in [2.45, 2.75) is 59.4 Å². The van der Waals surface area contributed by atoms with Gasteiger partial charge in [0.15, 0.2) is 23.1 Å². The quantitative estimate of drug-likeness (QED) is 0.326. The minimum absolute atomic E-state index is 0.0136. The van der Waals surface area contributed by atoms with Gasteiger partial charge >= 0.3 is 0 Å². The fourth-order valence-corrected chi connectivity index (χ4v) is 5.68. The summed E-state index contributed by atoms with van der Waals surface area (Å²) >= 11 is 3.15. The van der Waals surface area contributed by atoms with Crippen LogP contribution in [0.2, 0.25) is 0 Å². The minimum atomic E-state index is -0.558. The van der Waals surface area contributed by atoms with Gasteiger partial charge in [0, 0.05) is 43.6 Å². The predicted octanol–water partition coefficient (Wildman–Crippen LogP) is 5.85. The molecular weight excluding hydrogens is 581 g/mol. The van der Waals surface area contributed by atoms with Crippen LogP contribution in [0.15, 0.2) is 22.2 Å². The number of ether oxygens (including phenoxy) is 3. The highest BCUT2D eigenvalue weighted by atomic mass is 79.9. The third-order valence-corrected chi connectivity index (χ3v) is 7.56. The first kappa shape index (κ1) is 29.8. The third-order valence-electron chi connectivity index (χ3n) is 7.22. The summed E-state index contributed by atoms with van der Waals surface area (Å²) in [4.78, 5) is 29.6. The number of ketones is 2. The van der Waals surface area contributed by atoms with Gasteiger partial charge < -0.3 is 24.0 Å². The van der Waals surface area contributed by atoms with E-state index in [-0.39, 0.29) is 42.4 Å². The van der Waals surface area contributed by atoms with Crippen molar-refractivity contribution in [3.8, 4) is 17.2 Å². The molecule has 2 heterocycles.